The van der Waals surface area contributed by atoms with Crippen LogP contribution in [0.25, 0.3) is 22.2 Å². The van der Waals surface area contributed by atoms with Crippen molar-refractivity contribution in [3.8, 4) is 17.0 Å². The van der Waals surface area contributed by atoms with Gasteiger partial charge < -0.3 is 14.2 Å². The molecule has 0 unspecified atom stereocenters. The normalized spacial score (nSPS) is 10.7. The van der Waals surface area contributed by atoms with E-state index in [9.17, 15) is 9.59 Å². The number of aromatic nitrogens is 1. The number of hydrogen-bond donors (Lipinski definition) is 0. The number of ether oxygens (including phenoxy) is 3. The van der Waals surface area contributed by atoms with Gasteiger partial charge in [-0.1, -0.05) is 18.2 Å². The Balaban J connectivity index is 2.23. The van der Waals surface area contributed by atoms with E-state index in [1.807, 2.05) is 48.5 Å². The zero-order chi connectivity index (χ0) is 19.4. The van der Waals surface area contributed by atoms with Crippen LogP contribution in [-0.4, -0.2) is 38.3 Å². The molecule has 2 aromatic carbocycles. The van der Waals surface area contributed by atoms with Gasteiger partial charge in [0.05, 0.1) is 32.5 Å². The molecule has 0 aliphatic heterocycles. The SMILES string of the molecule is COC(=O)C(C(=O)OC)c1cc(-c2ccc(OC)cc2)nc2ccccc12. The van der Waals surface area contributed by atoms with Gasteiger partial charge in [-0.25, -0.2) is 4.98 Å². The van der Waals surface area contributed by atoms with Crippen molar-refractivity contribution in [1.29, 1.82) is 0 Å². The summed E-state index contributed by atoms with van der Waals surface area (Å²) in [5.74, 6) is -1.83. The maximum atomic E-state index is 12.3. The molecule has 3 aromatic rings. The number of benzene rings is 2. The summed E-state index contributed by atoms with van der Waals surface area (Å²) in [5.41, 5.74) is 2.61. The predicted molar refractivity (Wildman–Crippen MR) is 101 cm³/mol. The van der Waals surface area contributed by atoms with Crippen LogP contribution in [0.4, 0.5) is 0 Å². The molecule has 0 saturated heterocycles. The van der Waals surface area contributed by atoms with Crippen LogP contribution in [0.2, 0.25) is 0 Å². The van der Waals surface area contributed by atoms with Crippen LogP contribution in [0.15, 0.2) is 54.6 Å². The molecule has 0 N–H and O–H groups in total. The van der Waals surface area contributed by atoms with Gasteiger partial charge in [0.15, 0.2) is 5.92 Å². The van der Waals surface area contributed by atoms with E-state index in [1.165, 1.54) is 14.2 Å². The van der Waals surface area contributed by atoms with Crippen molar-refractivity contribution in [2.24, 2.45) is 0 Å². The molecule has 1 aromatic heterocycles. The summed E-state index contributed by atoms with van der Waals surface area (Å²) in [4.78, 5) is 29.3. The second-order valence-corrected chi connectivity index (χ2v) is 5.82. The fraction of sp³-hybridized carbons (Fsp3) is 0.190. The number of nitrogens with zero attached hydrogens (tertiary/aromatic N) is 1. The molecule has 0 aliphatic carbocycles. The van der Waals surface area contributed by atoms with Crippen molar-refractivity contribution in [1.82, 2.24) is 4.98 Å². The third kappa shape index (κ3) is 3.60. The lowest BCUT2D eigenvalue weighted by Crippen LogP contribution is -2.24. The molecule has 0 radical (unpaired) electrons. The van der Waals surface area contributed by atoms with Crippen LogP contribution in [-0.2, 0) is 19.1 Å². The molecule has 6 heteroatoms. The molecule has 138 valence electrons. The van der Waals surface area contributed by atoms with Gasteiger partial charge in [-0.05, 0) is 42.0 Å². The van der Waals surface area contributed by atoms with E-state index in [0.29, 0.717) is 22.2 Å². The number of hydrogen-bond acceptors (Lipinski definition) is 6. The van der Waals surface area contributed by atoms with E-state index in [1.54, 1.807) is 13.2 Å². The van der Waals surface area contributed by atoms with E-state index >= 15 is 0 Å². The molecule has 0 atom stereocenters. The molecule has 6 nitrogen and oxygen atoms in total. The third-order valence-corrected chi connectivity index (χ3v) is 4.32. The van der Waals surface area contributed by atoms with Crippen molar-refractivity contribution < 1.29 is 23.8 Å². The number of carbonyl (C=O) groups is 2. The Bertz CT molecular complexity index is 966. The van der Waals surface area contributed by atoms with E-state index < -0.39 is 17.9 Å². The van der Waals surface area contributed by atoms with E-state index in [2.05, 4.69) is 4.98 Å². The van der Waals surface area contributed by atoms with E-state index in [-0.39, 0.29) is 0 Å². The average Bonchev–Trinajstić information content (AvgIpc) is 2.73. The van der Waals surface area contributed by atoms with Gasteiger partial charge in [-0.2, -0.15) is 0 Å². The van der Waals surface area contributed by atoms with Crippen molar-refractivity contribution >= 4 is 22.8 Å². The van der Waals surface area contributed by atoms with Gasteiger partial charge in [0, 0.05) is 10.9 Å². The number of pyridine rings is 1. The summed E-state index contributed by atoms with van der Waals surface area (Å²) in [5, 5.41) is 0.690. The highest BCUT2D eigenvalue weighted by Crippen LogP contribution is 2.31. The van der Waals surface area contributed by atoms with Crippen LogP contribution in [0.5, 0.6) is 5.75 Å². The van der Waals surface area contributed by atoms with Crippen molar-refractivity contribution in [3.05, 3.63) is 60.2 Å². The molecule has 0 aliphatic rings. The van der Waals surface area contributed by atoms with Gasteiger partial charge in [0.1, 0.15) is 5.75 Å². The van der Waals surface area contributed by atoms with Crippen LogP contribution in [0.3, 0.4) is 0 Å². The van der Waals surface area contributed by atoms with Gasteiger partial charge in [-0.15, -0.1) is 0 Å². The van der Waals surface area contributed by atoms with Gasteiger partial charge in [0.2, 0.25) is 0 Å². The van der Waals surface area contributed by atoms with Crippen molar-refractivity contribution in [3.63, 3.8) is 0 Å². The van der Waals surface area contributed by atoms with Crippen LogP contribution >= 0.6 is 0 Å². The second kappa shape index (κ2) is 7.86. The van der Waals surface area contributed by atoms with Gasteiger partial charge in [-0.3, -0.25) is 9.59 Å². The quantitative estimate of drug-likeness (QED) is 0.510. The van der Waals surface area contributed by atoms with Crippen LogP contribution in [0, 0.1) is 0 Å². The zero-order valence-corrected chi connectivity index (χ0v) is 15.3. The highest BCUT2D eigenvalue weighted by molar-refractivity contribution is 6.04. The number of para-hydroxylation sites is 1. The van der Waals surface area contributed by atoms with Gasteiger partial charge >= 0.3 is 11.9 Å². The average molecular weight is 365 g/mol. The first-order valence-electron chi connectivity index (χ1n) is 8.28. The summed E-state index contributed by atoms with van der Waals surface area (Å²) in [6.45, 7) is 0. The Morgan fingerprint density at radius 3 is 2.11 bits per heavy atom. The molecule has 0 saturated carbocycles. The summed E-state index contributed by atoms with van der Waals surface area (Å²) < 4.78 is 14.9. The Labute approximate surface area is 156 Å². The minimum atomic E-state index is -1.19. The smallest absolute Gasteiger partial charge is 0.324 e. The maximum Gasteiger partial charge on any atom is 0.324 e. The topological polar surface area (TPSA) is 74.7 Å². The number of esters is 2. The fourth-order valence-electron chi connectivity index (χ4n) is 2.94. The molecule has 0 bridgehead atoms. The fourth-order valence-corrected chi connectivity index (χ4v) is 2.94. The first-order chi connectivity index (χ1) is 13.1. The Hall–Kier alpha value is -3.41. The molecule has 3 rings (SSSR count). The third-order valence-electron chi connectivity index (χ3n) is 4.32. The summed E-state index contributed by atoms with van der Waals surface area (Å²) in [7, 11) is 4.08. The van der Waals surface area contributed by atoms with E-state index in [0.717, 1.165) is 11.3 Å². The molecule has 1 heterocycles. The standard InChI is InChI=1S/C21H19NO5/c1-25-14-10-8-13(9-11-14)18-12-16(15-6-4-5-7-17(15)22-18)19(20(23)26-2)21(24)27-3/h4-12,19H,1-3H3. The van der Waals surface area contributed by atoms with E-state index in [4.69, 9.17) is 14.2 Å². The summed E-state index contributed by atoms with van der Waals surface area (Å²) >= 11 is 0. The first-order valence-corrected chi connectivity index (χ1v) is 8.28. The molecular weight excluding hydrogens is 346 g/mol. The largest absolute Gasteiger partial charge is 0.497 e. The maximum absolute atomic E-state index is 12.3. The number of fused-ring (bicyclic) bond motifs is 1. The van der Waals surface area contributed by atoms with Gasteiger partial charge in [0.25, 0.3) is 0 Å². The lowest BCUT2D eigenvalue weighted by Gasteiger charge is -2.16. The second-order valence-electron chi connectivity index (χ2n) is 5.82. The minimum Gasteiger partial charge on any atom is -0.497 e. The number of methoxy groups -OCH3 is 3. The summed E-state index contributed by atoms with van der Waals surface area (Å²) in [6.07, 6.45) is 0. The first kappa shape index (κ1) is 18.4. The highest BCUT2D eigenvalue weighted by Gasteiger charge is 2.32. The highest BCUT2D eigenvalue weighted by atomic mass is 16.5. The summed E-state index contributed by atoms with van der Waals surface area (Å²) in [6, 6.07) is 16.4. The molecular formula is C21H19NO5. The van der Waals surface area contributed by atoms with Crippen molar-refractivity contribution in [2.75, 3.05) is 21.3 Å². The van der Waals surface area contributed by atoms with Crippen LogP contribution < -0.4 is 4.74 Å². The van der Waals surface area contributed by atoms with Crippen molar-refractivity contribution in [2.45, 2.75) is 5.92 Å². The zero-order valence-electron chi connectivity index (χ0n) is 15.3. The number of rotatable bonds is 5. The molecule has 27 heavy (non-hydrogen) atoms. The predicted octanol–water partition coefficient (Wildman–Crippen LogP) is 3.34. The Morgan fingerprint density at radius 1 is 0.889 bits per heavy atom. The lowest BCUT2D eigenvalue weighted by atomic mass is 9.93. The Morgan fingerprint density at radius 2 is 1.52 bits per heavy atom. The minimum absolute atomic E-state index is 0.491. The van der Waals surface area contributed by atoms with Crippen LogP contribution in [0.1, 0.15) is 11.5 Å². The number of carbonyl (C=O) groups excluding carboxylic acids is 2. The molecule has 0 amide bonds. The molecule has 0 spiro atoms. The molecule has 0 fully saturated rings. The monoisotopic (exact) mass is 365 g/mol. The Kier molecular flexibility index (Phi) is 5.35. The lowest BCUT2D eigenvalue weighted by molar-refractivity contribution is -0.154.